The highest BCUT2D eigenvalue weighted by atomic mass is 19.1. The van der Waals surface area contributed by atoms with Gasteiger partial charge in [-0.05, 0) is 18.9 Å². The first-order valence-electron chi connectivity index (χ1n) is 9.98. The van der Waals surface area contributed by atoms with Crippen molar-refractivity contribution in [1.29, 1.82) is 0 Å². The van der Waals surface area contributed by atoms with Crippen molar-refractivity contribution < 1.29 is 18.8 Å². The molecule has 7 nitrogen and oxygen atoms in total. The molecule has 3 N–H and O–H groups in total. The van der Waals surface area contributed by atoms with Gasteiger partial charge >= 0.3 is 0 Å². The summed E-state index contributed by atoms with van der Waals surface area (Å²) in [7, 11) is 1.50. The average molecular weight is 410 g/mol. The summed E-state index contributed by atoms with van der Waals surface area (Å²) in [6.45, 7) is 3.47. The number of carbonyl (C=O) groups excluding carboxylic acids is 3. The lowest BCUT2D eigenvalue weighted by Crippen LogP contribution is -2.23. The second-order valence-electron chi connectivity index (χ2n) is 7.91. The summed E-state index contributed by atoms with van der Waals surface area (Å²) in [5, 5.41) is 8.42. The number of Topliss-reactive ketones (excluding diaryl/α,β-unsaturated/α-hetero) is 1. The number of ketones is 1. The number of carbonyl (C=O) groups is 3. The van der Waals surface area contributed by atoms with Crippen molar-refractivity contribution in [1.82, 2.24) is 10.3 Å². The van der Waals surface area contributed by atoms with Crippen LogP contribution in [0.5, 0.6) is 0 Å². The topological polar surface area (TPSA) is 100 Å². The van der Waals surface area contributed by atoms with Crippen LogP contribution < -0.4 is 16.0 Å². The SMILES string of the molecule is CNC(=O)c1cnc(NC(=O)C2CC2)cc1NC1=CC(C)C2=C1C(=O)C(C)C=C2F. The van der Waals surface area contributed by atoms with Crippen molar-refractivity contribution in [3.63, 3.8) is 0 Å². The average Bonchev–Trinajstić information content (AvgIpc) is 3.50. The molecule has 0 radical (unpaired) electrons. The fraction of sp³-hybridized carbons (Fsp3) is 0.364. The number of hydrogen-bond donors (Lipinski definition) is 3. The Balaban J connectivity index is 1.69. The van der Waals surface area contributed by atoms with Gasteiger partial charge in [0.25, 0.3) is 5.91 Å². The van der Waals surface area contributed by atoms with Crippen LogP contribution in [-0.2, 0) is 9.59 Å². The van der Waals surface area contributed by atoms with Gasteiger partial charge in [-0.1, -0.05) is 19.9 Å². The minimum atomic E-state index is -0.566. The zero-order valence-corrected chi connectivity index (χ0v) is 17.0. The van der Waals surface area contributed by atoms with Crippen molar-refractivity contribution in [3.8, 4) is 0 Å². The number of anilines is 2. The Labute approximate surface area is 173 Å². The summed E-state index contributed by atoms with van der Waals surface area (Å²) < 4.78 is 14.5. The molecular weight excluding hydrogens is 387 g/mol. The number of pyridine rings is 1. The number of nitrogens with one attached hydrogen (secondary N) is 3. The van der Waals surface area contributed by atoms with Crippen LogP contribution >= 0.6 is 0 Å². The van der Waals surface area contributed by atoms with Gasteiger partial charge in [-0.2, -0.15) is 0 Å². The number of amides is 2. The Morgan fingerprint density at radius 1 is 1.17 bits per heavy atom. The lowest BCUT2D eigenvalue weighted by atomic mass is 9.87. The third kappa shape index (κ3) is 3.53. The van der Waals surface area contributed by atoms with Gasteiger partial charge in [-0.25, -0.2) is 9.37 Å². The van der Waals surface area contributed by atoms with Gasteiger partial charge < -0.3 is 16.0 Å². The number of aromatic nitrogens is 1. The lowest BCUT2D eigenvalue weighted by molar-refractivity contribution is -0.118. The lowest BCUT2D eigenvalue weighted by Gasteiger charge is -2.20. The smallest absolute Gasteiger partial charge is 0.254 e. The maximum atomic E-state index is 14.5. The van der Waals surface area contributed by atoms with E-state index in [4.69, 9.17) is 0 Å². The third-order valence-corrected chi connectivity index (χ3v) is 5.57. The van der Waals surface area contributed by atoms with Gasteiger partial charge in [-0.3, -0.25) is 14.4 Å². The molecule has 1 aromatic heterocycles. The number of allylic oxidation sites excluding steroid dienone is 5. The van der Waals surface area contributed by atoms with Gasteiger partial charge in [0, 0.05) is 53.9 Å². The highest BCUT2D eigenvalue weighted by molar-refractivity contribution is 6.07. The molecule has 3 aliphatic carbocycles. The van der Waals surface area contributed by atoms with Crippen LogP contribution in [0.25, 0.3) is 0 Å². The van der Waals surface area contributed by atoms with E-state index in [0.717, 1.165) is 12.8 Å². The van der Waals surface area contributed by atoms with Crippen LogP contribution in [0.2, 0.25) is 0 Å². The number of halogens is 1. The fourth-order valence-electron chi connectivity index (χ4n) is 3.77. The quantitative estimate of drug-likeness (QED) is 0.693. The standard InChI is InChI=1S/C22H23FN4O3/c1-10-7-16(19-18(10)14(23)6-11(2)20(19)28)26-15-8-17(27-21(29)12-4-5-12)25-9-13(15)22(30)24-3/h6-12H,4-5H2,1-3H3,(H,24,30)(H2,25,26,27,29). The summed E-state index contributed by atoms with van der Waals surface area (Å²) in [5.74, 6) is -1.59. The Morgan fingerprint density at radius 3 is 2.57 bits per heavy atom. The molecule has 3 aliphatic rings. The Hall–Kier alpha value is -3.29. The summed E-state index contributed by atoms with van der Waals surface area (Å²) in [6, 6.07) is 1.55. The first-order valence-corrected chi connectivity index (χ1v) is 9.98. The van der Waals surface area contributed by atoms with E-state index in [9.17, 15) is 18.8 Å². The van der Waals surface area contributed by atoms with Gasteiger partial charge in [0.15, 0.2) is 5.78 Å². The summed E-state index contributed by atoms with van der Waals surface area (Å²) in [4.78, 5) is 41.4. The van der Waals surface area contributed by atoms with Crippen LogP contribution in [0, 0.1) is 17.8 Å². The minimum absolute atomic E-state index is 0.00374. The largest absolute Gasteiger partial charge is 0.355 e. The number of rotatable bonds is 5. The molecule has 30 heavy (non-hydrogen) atoms. The van der Waals surface area contributed by atoms with Crippen LogP contribution in [0.15, 0.2) is 47.1 Å². The molecule has 1 aromatic rings. The van der Waals surface area contributed by atoms with Gasteiger partial charge in [-0.15, -0.1) is 0 Å². The molecule has 0 aromatic carbocycles. The molecule has 2 atom stereocenters. The molecule has 0 spiro atoms. The Kier molecular flexibility index (Phi) is 5.01. The van der Waals surface area contributed by atoms with Crippen LogP contribution in [0.1, 0.15) is 37.0 Å². The maximum absolute atomic E-state index is 14.5. The minimum Gasteiger partial charge on any atom is -0.355 e. The molecule has 4 rings (SSSR count). The van der Waals surface area contributed by atoms with Gasteiger partial charge in [0.05, 0.1) is 11.3 Å². The van der Waals surface area contributed by atoms with E-state index >= 15 is 0 Å². The molecule has 1 heterocycles. The van der Waals surface area contributed by atoms with Crippen molar-refractivity contribution in [3.05, 3.63) is 52.6 Å². The van der Waals surface area contributed by atoms with E-state index < -0.39 is 11.7 Å². The van der Waals surface area contributed by atoms with E-state index in [0.29, 0.717) is 28.3 Å². The van der Waals surface area contributed by atoms with Crippen LogP contribution in [0.3, 0.4) is 0 Å². The van der Waals surface area contributed by atoms with Crippen molar-refractivity contribution >= 4 is 29.1 Å². The number of nitrogens with zero attached hydrogens (tertiary/aromatic N) is 1. The zero-order chi connectivity index (χ0) is 21.6. The van der Waals surface area contributed by atoms with Gasteiger partial charge in [0.1, 0.15) is 11.6 Å². The van der Waals surface area contributed by atoms with E-state index in [2.05, 4.69) is 20.9 Å². The maximum Gasteiger partial charge on any atom is 0.254 e. The second-order valence-corrected chi connectivity index (χ2v) is 7.91. The fourth-order valence-corrected chi connectivity index (χ4v) is 3.77. The third-order valence-electron chi connectivity index (χ3n) is 5.57. The highest BCUT2D eigenvalue weighted by Crippen LogP contribution is 2.42. The van der Waals surface area contributed by atoms with E-state index in [-0.39, 0.29) is 35.0 Å². The van der Waals surface area contributed by atoms with Crippen molar-refractivity contribution in [2.24, 2.45) is 17.8 Å². The first-order chi connectivity index (χ1) is 14.3. The predicted octanol–water partition coefficient (Wildman–Crippen LogP) is 3.10. The predicted molar refractivity (Wildman–Crippen MR) is 110 cm³/mol. The Morgan fingerprint density at radius 2 is 1.90 bits per heavy atom. The Bertz CT molecular complexity index is 1050. The zero-order valence-electron chi connectivity index (χ0n) is 17.0. The van der Waals surface area contributed by atoms with Crippen molar-refractivity contribution in [2.75, 3.05) is 17.7 Å². The van der Waals surface area contributed by atoms with Crippen molar-refractivity contribution in [2.45, 2.75) is 26.7 Å². The summed E-state index contributed by atoms with van der Waals surface area (Å²) in [6.07, 6.45) is 6.18. The molecule has 0 saturated heterocycles. The normalized spacial score (nSPS) is 22.9. The molecule has 156 valence electrons. The number of hydrogen-bond acceptors (Lipinski definition) is 5. The molecule has 1 fully saturated rings. The monoisotopic (exact) mass is 410 g/mol. The molecule has 2 unspecified atom stereocenters. The van der Waals surface area contributed by atoms with E-state index in [1.165, 1.54) is 19.3 Å². The summed E-state index contributed by atoms with van der Waals surface area (Å²) >= 11 is 0. The molecule has 2 amide bonds. The van der Waals surface area contributed by atoms with Gasteiger partial charge in [0.2, 0.25) is 5.91 Å². The van der Waals surface area contributed by atoms with E-state index in [1.807, 2.05) is 6.92 Å². The highest BCUT2D eigenvalue weighted by Gasteiger charge is 2.36. The molecule has 0 bridgehead atoms. The molecule has 0 aliphatic heterocycles. The summed E-state index contributed by atoms with van der Waals surface area (Å²) in [5.41, 5.74) is 1.74. The molecule has 8 heteroatoms. The first kappa shape index (κ1) is 20.0. The molecule has 1 saturated carbocycles. The second kappa shape index (κ2) is 7.51. The van der Waals surface area contributed by atoms with E-state index in [1.54, 1.807) is 19.1 Å². The van der Waals surface area contributed by atoms with Crippen LogP contribution in [0.4, 0.5) is 15.9 Å². The molecular formula is C22H23FN4O3. The van der Waals surface area contributed by atoms with Crippen LogP contribution in [-0.4, -0.2) is 29.6 Å².